The first-order valence-electron chi connectivity index (χ1n) is 12.7. The molecule has 0 saturated heterocycles. The molecule has 0 bridgehead atoms. The molecule has 0 N–H and O–H groups in total. The van der Waals surface area contributed by atoms with Gasteiger partial charge in [0.05, 0.1) is 21.9 Å². The van der Waals surface area contributed by atoms with E-state index in [1.807, 2.05) is 48.5 Å². The number of hydrogen-bond donors (Lipinski definition) is 0. The molecule has 0 radical (unpaired) electrons. The summed E-state index contributed by atoms with van der Waals surface area (Å²) in [4.78, 5) is 29.9. The van der Waals surface area contributed by atoms with Crippen LogP contribution in [0.3, 0.4) is 0 Å². The summed E-state index contributed by atoms with van der Waals surface area (Å²) in [5.41, 5.74) is 5.40. The van der Waals surface area contributed by atoms with Gasteiger partial charge in [-0.1, -0.05) is 84.6 Å². The minimum Gasteiger partial charge on any atom is -0.307 e. The molecule has 1 unspecified atom stereocenters. The summed E-state index contributed by atoms with van der Waals surface area (Å²) in [5, 5.41) is 2.51. The van der Waals surface area contributed by atoms with Crippen LogP contribution in [0.2, 0.25) is 0 Å². The van der Waals surface area contributed by atoms with Crippen molar-refractivity contribution in [3.8, 4) is 0 Å². The van der Waals surface area contributed by atoms with Crippen molar-refractivity contribution in [1.82, 2.24) is 4.40 Å². The van der Waals surface area contributed by atoms with Crippen LogP contribution in [0.1, 0.15) is 23.6 Å². The molecule has 0 amide bonds. The summed E-state index contributed by atoms with van der Waals surface area (Å²) < 4.78 is 2.12. The number of nitrogens with zero attached hydrogens (tertiary/aromatic N) is 1. The minimum absolute atomic E-state index is 0.0283. The smallest absolute Gasteiger partial charge is 0.198 e. The topological polar surface area (TPSA) is 38.5 Å². The fraction of sp³-hybridized carbons (Fsp3) is 0.0588. The molecule has 0 fully saturated rings. The second-order valence-corrected chi connectivity index (χ2v) is 11.2. The quantitative estimate of drug-likeness (QED) is 0.172. The SMILES string of the molecule is CC1(c2ccccc2)c2ccccc2Sc2c1ccc1c2c(=O)c2cccc3c(=O)c4ccccc4n1c32. The zero-order valence-electron chi connectivity index (χ0n) is 20.6. The molecular weight excluding hydrogens is 486 g/mol. The van der Waals surface area contributed by atoms with Gasteiger partial charge in [0.15, 0.2) is 10.9 Å². The van der Waals surface area contributed by atoms with Crippen LogP contribution in [-0.4, -0.2) is 4.40 Å². The molecule has 3 heterocycles. The highest BCUT2D eigenvalue weighted by Crippen LogP contribution is 2.53. The standard InChI is InChI=1S/C34H21NO2S/c1-34(20-10-3-2-4-11-20)24-15-6-8-17-28(24)38-33-25(34)18-19-27-29(33)32(37)23-14-9-13-22-30(23)35(27)26-16-7-5-12-21(26)31(22)36/h2-19H,1H3. The normalized spacial score (nSPS) is 16.8. The van der Waals surface area contributed by atoms with Crippen LogP contribution in [0, 0.1) is 0 Å². The lowest BCUT2D eigenvalue weighted by molar-refractivity contribution is 0.657. The maximum atomic E-state index is 14.3. The second-order valence-electron chi connectivity index (χ2n) is 10.1. The Morgan fingerprint density at radius 1 is 0.605 bits per heavy atom. The average Bonchev–Trinajstić information content (AvgIpc) is 2.97. The van der Waals surface area contributed by atoms with Crippen molar-refractivity contribution in [3.63, 3.8) is 0 Å². The van der Waals surface area contributed by atoms with Crippen LogP contribution in [0.5, 0.6) is 0 Å². The first kappa shape index (κ1) is 21.7. The molecule has 0 aliphatic carbocycles. The van der Waals surface area contributed by atoms with E-state index in [1.165, 1.54) is 11.1 Å². The molecule has 0 saturated carbocycles. The molecule has 3 nitrogen and oxygen atoms in total. The van der Waals surface area contributed by atoms with Crippen molar-refractivity contribution in [2.45, 2.75) is 22.1 Å². The van der Waals surface area contributed by atoms with E-state index in [0.29, 0.717) is 27.1 Å². The Balaban J connectivity index is 1.62. The highest BCUT2D eigenvalue weighted by atomic mass is 32.2. The van der Waals surface area contributed by atoms with E-state index in [9.17, 15) is 9.59 Å². The van der Waals surface area contributed by atoms with Gasteiger partial charge in [-0.15, -0.1) is 0 Å². The van der Waals surface area contributed by atoms with Crippen molar-refractivity contribution in [3.05, 3.63) is 146 Å². The summed E-state index contributed by atoms with van der Waals surface area (Å²) in [6.45, 7) is 2.26. The van der Waals surface area contributed by atoms with Gasteiger partial charge >= 0.3 is 0 Å². The molecule has 4 heteroatoms. The predicted molar refractivity (Wildman–Crippen MR) is 156 cm³/mol. The molecular formula is C34H21NO2S. The Labute approximate surface area is 222 Å². The largest absolute Gasteiger partial charge is 0.307 e. The highest BCUT2D eigenvalue weighted by Gasteiger charge is 2.40. The second kappa shape index (κ2) is 7.56. The molecule has 1 aliphatic rings. The highest BCUT2D eigenvalue weighted by molar-refractivity contribution is 7.99. The van der Waals surface area contributed by atoms with Gasteiger partial charge in [0.2, 0.25) is 0 Å². The van der Waals surface area contributed by atoms with Gasteiger partial charge in [-0.25, -0.2) is 0 Å². The zero-order chi connectivity index (χ0) is 25.6. The fourth-order valence-electron chi connectivity index (χ4n) is 6.45. The molecule has 1 aliphatic heterocycles. The Bertz CT molecular complexity index is 2220. The van der Waals surface area contributed by atoms with Gasteiger partial charge in [0, 0.05) is 31.4 Å². The van der Waals surface area contributed by atoms with Gasteiger partial charge in [-0.05, 0) is 60.0 Å². The lowest BCUT2D eigenvalue weighted by atomic mass is 9.70. The number of pyridine rings is 2. The first-order chi connectivity index (χ1) is 18.6. The molecule has 5 aromatic carbocycles. The molecule has 8 rings (SSSR count). The third-order valence-electron chi connectivity index (χ3n) is 8.27. The van der Waals surface area contributed by atoms with Crippen molar-refractivity contribution >= 4 is 49.9 Å². The number of para-hydroxylation sites is 2. The Hall–Kier alpha value is -4.41. The first-order valence-corrected chi connectivity index (χ1v) is 13.5. The van der Waals surface area contributed by atoms with E-state index in [1.54, 1.807) is 11.8 Å². The summed E-state index contributed by atoms with van der Waals surface area (Å²) in [7, 11) is 0. The Morgan fingerprint density at radius 3 is 2.13 bits per heavy atom. The number of hydrogen-bond acceptors (Lipinski definition) is 3. The van der Waals surface area contributed by atoms with Crippen molar-refractivity contribution in [2.75, 3.05) is 0 Å². The van der Waals surface area contributed by atoms with E-state index in [0.717, 1.165) is 26.4 Å². The van der Waals surface area contributed by atoms with Gasteiger partial charge in [0.25, 0.3) is 0 Å². The van der Waals surface area contributed by atoms with Crippen molar-refractivity contribution in [2.24, 2.45) is 0 Å². The number of benzene rings is 5. The summed E-state index contributed by atoms with van der Waals surface area (Å²) >= 11 is 1.67. The van der Waals surface area contributed by atoms with Crippen molar-refractivity contribution < 1.29 is 0 Å². The van der Waals surface area contributed by atoms with Crippen LogP contribution in [0.25, 0.3) is 38.1 Å². The number of aromatic nitrogens is 1. The number of fused-ring (bicyclic) bond motifs is 7. The van der Waals surface area contributed by atoms with E-state index in [2.05, 4.69) is 72.0 Å². The van der Waals surface area contributed by atoms with Gasteiger partial charge < -0.3 is 4.40 Å². The predicted octanol–water partition coefficient (Wildman–Crippen LogP) is 7.38. The zero-order valence-corrected chi connectivity index (χ0v) is 21.4. The average molecular weight is 508 g/mol. The Kier molecular flexibility index (Phi) is 4.31. The molecule has 1 atom stereocenters. The third-order valence-corrected chi connectivity index (χ3v) is 9.47. The van der Waals surface area contributed by atoms with E-state index in [-0.39, 0.29) is 10.9 Å². The van der Waals surface area contributed by atoms with Crippen LogP contribution >= 0.6 is 11.8 Å². The molecule has 38 heavy (non-hydrogen) atoms. The van der Waals surface area contributed by atoms with Crippen LogP contribution in [0.15, 0.2) is 129 Å². The maximum absolute atomic E-state index is 14.3. The maximum Gasteiger partial charge on any atom is 0.198 e. The van der Waals surface area contributed by atoms with Gasteiger partial charge in [-0.3, -0.25) is 9.59 Å². The Morgan fingerprint density at radius 2 is 1.29 bits per heavy atom. The molecule has 2 aromatic heterocycles. The van der Waals surface area contributed by atoms with Gasteiger partial charge in [-0.2, -0.15) is 0 Å². The van der Waals surface area contributed by atoms with Gasteiger partial charge in [0.1, 0.15) is 0 Å². The van der Waals surface area contributed by atoms with E-state index in [4.69, 9.17) is 0 Å². The van der Waals surface area contributed by atoms with Crippen molar-refractivity contribution in [1.29, 1.82) is 0 Å². The van der Waals surface area contributed by atoms with E-state index >= 15 is 0 Å². The summed E-state index contributed by atoms with van der Waals surface area (Å²) in [5.74, 6) is 0. The minimum atomic E-state index is -0.425. The monoisotopic (exact) mass is 507 g/mol. The molecule has 7 aromatic rings. The lowest BCUT2D eigenvalue weighted by Crippen LogP contribution is -2.30. The van der Waals surface area contributed by atoms with Crippen LogP contribution < -0.4 is 10.9 Å². The summed E-state index contributed by atoms with van der Waals surface area (Å²) in [6, 6.07) is 36.5. The van der Waals surface area contributed by atoms with Crippen LogP contribution in [0.4, 0.5) is 0 Å². The third kappa shape index (κ3) is 2.60. The number of rotatable bonds is 1. The van der Waals surface area contributed by atoms with E-state index < -0.39 is 5.41 Å². The summed E-state index contributed by atoms with van der Waals surface area (Å²) in [6.07, 6.45) is 0. The lowest BCUT2D eigenvalue weighted by Gasteiger charge is -2.38. The van der Waals surface area contributed by atoms with Crippen LogP contribution in [-0.2, 0) is 5.41 Å². The molecule has 0 spiro atoms. The molecule has 180 valence electrons. The fourth-order valence-corrected chi connectivity index (χ4v) is 7.88.